The molecule has 1 atom stereocenters. The summed E-state index contributed by atoms with van der Waals surface area (Å²) in [5, 5.41) is 1.83. The number of halogens is 3. The van der Waals surface area contributed by atoms with E-state index in [-0.39, 0.29) is 17.5 Å². The fourth-order valence-electron chi connectivity index (χ4n) is 3.16. The second-order valence-electron chi connectivity index (χ2n) is 6.16. The summed E-state index contributed by atoms with van der Waals surface area (Å²) in [5.41, 5.74) is 0.576. The number of imidazole rings is 1. The maximum atomic E-state index is 12.5. The Labute approximate surface area is 142 Å². The number of morpholine rings is 1. The van der Waals surface area contributed by atoms with E-state index < -0.39 is 18.6 Å². The van der Waals surface area contributed by atoms with Gasteiger partial charge in [-0.3, -0.25) is 9.59 Å². The van der Waals surface area contributed by atoms with E-state index in [1.165, 1.54) is 6.33 Å². The first-order valence-corrected chi connectivity index (χ1v) is 8.10. The molecule has 1 aromatic rings. The molecule has 2 aliphatic heterocycles. The molecule has 0 aromatic carbocycles. The van der Waals surface area contributed by atoms with Crippen molar-refractivity contribution < 1.29 is 27.5 Å². The number of rotatable bonds is 3. The standard InChI is InChI=1S/C15H19F3N4O3/c16-15(17,18)8-19-13(23)12-11-2-1-10(7-22(11)9-20-12)14(24)21-3-5-25-6-4-21/h9-10H,1-8H2,(H,19,23). The molecular formula is C15H19F3N4O3. The normalized spacial score (nSPS) is 20.9. The first kappa shape index (κ1) is 17.7. The summed E-state index contributed by atoms with van der Waals surface area (Å²) in [6.45, 7) is 1.17. The monoisotopic (exact) mass is 360 g/mol. The van der Waals surface area contributed by atoms with Crippen LogP contribution in [0.25, 0.3) is 0 Å². The fraction of sp³-hybridized carbons (Fsp3) is 0.667. The van der Waals surface area contributed by atoms with Gasteiger partial charge in [-0.15, -0.1) is 0 Å². The maximum absolute atomic E-state index is 12.5. The average molecular weight is 360 g/mol. The smallest absolute Gasteiger partial charge is 0.378 e. The van der Waals surface area contributed by atoms with E-state index in [1.54, 1.807) is 9.47 Å². The Kier molecular flexibility index (Phi) is 4.98. The third kappa shape index (κ3) is 4.12. The van der Waals surface area contributed by atoms with E-state index in [9.17, 15) is 22.8 Å². The number of ether oxygens (including phenoxy) is 1. The van der Waals surface area contributed by atoms with Gasteiger partial charge in [0.2, 0.25) is 5.91 Å². The molecule has 1 aromatic heterocycles. The molecule has 138 valence electrons. The largest absolute Gasteiger partial charge is 0.405 e. The van der Waals surface area contributed by atoms with Crippen LogP contribution < -0.4 is 5.32 Å². The fourth-order valence-corrected chi connectivity index (χ4v) is 3.16. The summed E-state index contributed by atoms with van der Waals surface area (Å²) >= 11 is 0. The van der Waals surface area contributed by atoms with Gasteiger partial charge < -0.3 is 19.5 Å². The van der Waals surface area contributed by atoms with E-state index in [4.69, 9.17) is 4.74 Å². The Bertz CT molecular complexity index is 653. The lowest BCUT2D eigenvalue weighted by Crippen LogP contribution is -2.45. The molecule has 10 heteroatoms. The number of aromatic nitrogens is 2. The van der Waals surface area contributed by atoms with E-state index in [0.717, 1.165) is 0 Å². The average Bonchev–Trinajstić information content (AvgIpc) is 3.02. The van der Waals surface area contributed by atoms with Crippen molar-refractivity contribution in [3.05, 3.63) is 17.7 Å². The van der Waals surface area contributed by atoms with Crippen molar-refractivity contribution in [2.24, 2.45) is 5.92 Å². The topological polar surface area (TPSA) is 76.5 Å². The highest BCUT2D eigenvalue weighted by atomic mass is 19.4. The van der Waals surface area contributed by atoms with Crippen LogP contribution in [0.3, 0.4) is 0 Å². The molecule has 7 nitrogen and oxygen atoms in total. The molecule has 0 spiro atoms. The number of nitrogens with zero attached hydrogens (tertiary/aromatic N) is 3. The number of hydrogen-bond donors (Lipinski definition) is 1. The Morgan fingerprint density at radius 2 is 2.04 bits per heavy atom. The van der Waals surface area contributed by atoms with Gasteiger partial charge in [0.25, 0.3) is 5.91 Å². The summed E-state index contributed by atoms with van der Waals surface area (Å²) in [6, 6.07) is 0. The summed E-state index contributed by atoms with van der Waals surface area (Å²) in [7, 11) is 0. The highest BCUT2D eigenvalue weighted by Gasteiger charge is 2.33. The van der Waals surface area contributed by atoms with Crippen LogP contribution in [-0.2, 0) is 22.5 Å². The third-order valence-electron chi connectivity index (χ3n) is 4.43. The van der Waals surface area contributed by atoms with E-state index in [0.29, 0.717) is 51.4 Å². The number of carbonyl (C=O) groups is 2. The van der Waals surface area contributed by atoms with Crippen LogP contribution in [0.1, 0.15) is 22.6 Å². The predicted octanol–water partition coefficient (Wildman–Crippen LogP) is 0.596. The molecule has 0 radical (unpaired) electrons. The van der Waals surface area contributed by atoms with Crippen LogP contribution in [-0.4, -0.2) is 65.3 Å². The van der Waals surface area contributed by atoms with Gasteiger partial charge in [0.1, 0.15) is 12.2 Å². The molecule has 3 heterocycles. The van der Waals surface area contributed by atoms with Crippen molar-refractivity contribution >= 4 is 11.8 Å². The van der Waals surface area contributed by atoms with Gasteiger partial charge in [0.05, 0.1) is 31.2 Å². The lowest BCUT2D eigenvalue weighted by atomic mass is 9.95. The molecule has 3 rings (SSSR count). The van der Waals surface area contributed by atoms with E-state index >= 15 is 0 Å². The van der Waals surface area contributed by atoms with Crippen LogP contribution in [0.2, 0.25) is 0 Å². The Balaban J connectivity index is 1.64. The lowest BCUT2D eigenvalue weighted by molar-refractivity contribution is -0.140. The van der Waals surface area contributed by atoms with E-state index in [1.807, 2.05) is 5.32 Å². The van der Waals surface area contributed by atoms with Crippen LogP contribution in [0.5, 0.6) is 0 Å². The van der Waals surface area contributed by atoms with Crippen molar-refractivity contribution in [3.8, 4) is 0 Å². The maximum Gasteiger partial charge on any atom is 0.405 e. The molecule has 1 fully saturated rings. The van der Waals surface area contributed by atoms with Gasteiger partial charge in [0, 0.05) is 19.6 Å². The molecule has 0 bridgehead atoms. The van der Waals surface area contributed by atoms with Crippen LogP contribution in [0, 0.1) is 5.92 Å². The van der Waals surface area contributed by atoms with Crippen LogP contribution >= 0.6 is 0 Å². The number of amides is 2. The highest BCUT2D eigenvalue weighted by molar-refractivity contribution is 5.93. The second-order valence-corrected chi connectivity index (χ2v) is 6.16. The minimum absolute atomic E-state index is 0.00141. The van der Waals surface area contributed by atoms with Gasteiger partial charge in [0.15, 0.2) is 0 Å². The second kappa shape index (κ2) is 7.03. The number of carbonyl (C=O) groups excluding carboxylic acids is 2. The van der Waals surface area contributed by atoms with Crippen molar-refractivity contribution in [1.82, 2.24) is 19.8 Å². The van der Waals surface area contributed by atoms with Crippen molar-refractivity contribution in [1.29, 1.82) is 0 Å². The van der Waals surface area contributed by atoms with Gasteiger partial charge in [-0.25, -0.2) is 4.98 Å². The first-order valence-electron chi connectivity index (χ1n) is 8.10. The van der Waals surface area contributed by atoms with Gasteiger partial charge in [-0.05, 0) is 12.8 Å². The molecule has 1 N–H and O–H groups in total. The lowest BCUT2D eigenvalue weighted by Gasteiger charge is -2.32. The van der Waals surface area contributed by atoms with Crippen LogP contribution in [0.15, 0.2) is 6.33 Å². The Morgan fingerprint density at radius 1 is 1.32 bits per heavy atom. The number of alkyl halides is 3. The van der Waals surface area contributed by atoms with Gasteiger partial charge in [-0.1, -0.05) is 0 Å². The van der Waals surface area contributed by atoms with Crippen LogP contribution in [0.4, 0.5) is 13.2 Å². The zero-order valence-electron chi connectivity index (χ0n) is 13.5. The quantitative estimate of drug-likeness (QED) is 0.856. The van der Waals surface area contributed by atoms with Gasteiger partial charge >= 0.3 is 6.18 Å². The molecule has 0 saturated carbocycles. The van der Waals surface area contributed by atoms with Crippen molar-refractivity contribution in [2.45, 2.75) is 25.6 Å². The summed E-state index contributed by atoms with van der Waals surface area (Å²) < 4.78 is 43.6. The number of fused-ring (bicyclic) bond motifs is 1. The third-order valence-corrected chi connectivity index (χ3v) is 4.43. The molecule has 2 aliphatic rings. The number of hydrogen-bond acceptors (Lipinski definition) is 4. The summed E-state index contributed by atoms with van der Waals surface area (Å²) in [4.78, 5) is 30.2. The molecule has 2 amide bonds. The molecule has 25 heavy (non-hydrogen) atoms. The molecule has 1 saturated heterocycles. The highest BCUT2D eigenvalue weighted by Crippen LogP contribution is 2.24. The zero-order chi connectivity index (χ0) is 18.0. The molecular weight excluding hydrogens is 341 g/mol. The minimum Gasteiger partial charge on any atom is -0.378 e. The number of nitrogens with one attached hydrogen (secondary N) is 1. The minimum atomic E-state index is -4.47. The van der Waals surface area contributed by atoms with Crippen molar-refractivity contribution in [2.75, 3.05) is 32.8 Å². The molecule has 1 unspecified atom stereocenters. The summed E-state index contributed by atoms with van der Waals surface area (Å²) in [6.07, 6.45) is -2.08. The van der Waals surface area contributed by atoms with Crippen molar-refractivity contribution in [3.63, 3.8) is 0 Å². The first-order chi connectivity index (χ1) is 11.8. The van der Waals surface area contributed by atoms with Gasteiger partial charge in [-0.2, -0.15) is 13.2 Å². The predicted molar refractivity (Wildman–Crippen MR) is 79.8 cm³/mol. The van der Waals surface area contributed by atoms with E-state index in [2.05, 4.69) is 4.98 Å². The summed E-state index contributed by atoms with van der Waals surface area (Å²) in [5.74, 6) is -1.01. The zero-order valence-corrected chi connectivity index (χ0v) is 13.5. The molecule has 0 aliphatic carbocycles. The Morgan fingerprint density at radius 3 is 2.72 bits per heavy atom. The Hall–Kier alpha value is -2.10. The SMILES string of the molecule is O=C(NCC(F)(F)F)c1ncn2c1CCC(C(=O)N1CCOCC1)C2.